The highest BCUT2D eigenvalue weighted by molar-refractivity contribution is 5.85. The third-order valence-electron chi connectivity index (χ3n) is 3.67. The Hall–Kier alpha value is -0.780. The lowest BCUT2D eigenvalue weighted by Gasteiger charge is -2.33. The summed E-state index contributed by atoms with van der Waals surface area (Å²) in [5, 5.41) is 4.37. The van der Waals surface area contributed by atoms with E-state index in [0.29, 0.717) is 12.5 Å². The van der Waals surface area contributed by atoms with Gasteiger partial charge in [0.05, 0.1) is 12.2 Å². The highest BCUT2D eigenvalue weighted by atomic mass is 35.5. The van der Waals surface area contributed by atoms with Crippen molar-refractivity contribution in [3.05, 3.63) is 18.0 Å². The van der Waals surface area contributed by atoms with Crippen LogP contribution in [0, 0.1) is 6.92 Å². The molecule has 2 unspecified atom stereocenters. The smallest absolute Gasteiger partial charge is 0.222 e. The number of piperidine rings is 1. The van der Waals surface area contributed by atoms with E-state index < -0.39 is 0 Å². The molecule has 1 saturated heterocycles. The average molecular weight is 337 g/mol. The summed E-state index contributed by atoms with van der Waals surface area (Å²) in [5.74, 6) is 0.228. The summed E-state index contributed by atoms with van der Waals surface area (Å²) in [6, 6.07) is 0.417. The van der Waals surface area contributed by atoms with Gasteiger partial charge in [0.15, 0.2) is 0 Å². The fourth-order valence-electron chi connectivity index (χ4n) is 2.54. The molecule has 1 aromatic rings. The minimum absolute atomic E-state index is 0. The molecule has 1 amide bonds. The second-order valence-corrected chi connectivity index (χ2v) is 5.65. The summed E-state index contributed by atoms with van der Waals surface area (Å²) in [6.07, 6.45) is 7.40. The molecule has 0 bridgehead atoms. The molecule has 0 aliphatic carbocycles. The van der Waals surface area contributed by atoms with E-state index in [1.807, 2.05) is 29.6 Å². The molecule has 1 aromatic heterocycles. The van der Waals surface area contributed by atoms with Gasteiger partial charge >= 0.3 is 0 Å². The van der Waals surface area contributed by atoms with E-state index in [4.69, 9.17) is 5.73 Å². The number of nitrogens with zero attached hydrogens (tertiary/aromatic N) is 3. The summed E-state index contributed by atoms with van der Waals surface area (Å²) in [7, 11) is 0. The van der Waals surface area contributed by atoms with Crippen molar-refractivity contribution in [3.8, 4) is 0 Å². The molecule has 1 fully saturated rings. The first kappa shape index (κ1) is 20.2. The van der Waals surface area contributed by atoms with Crippen molar-refractivity contribution in [1.82, 2.24) is 14.7 Å². The van der Waals surface area contributed by atoms with Crippen LogP contribution in [0.2, 0.25) is 0 Å². The predicted octanol–water partition coefficient (Wildman–Crippen LogP) is 2.33. The van der Waals surface area contributed by atoms with Gasteiger partial charge in [-0.3, -0.25) is 9.48 Å². The monoisotopic (exact) mass is 336 g/mol. The molecule has 2 heterocycles. The number of carbonyl (C=O) groups is 1. The maximum Gasteiger partial charge on any atom is 0.222 e. The van der Waals surface area contributed by atoms with Crippen LogP contribution in [0.15, 0.2) is 12.4 Å². The van der Waals surface area contributed by atoms with Crippen LogP contribution >= 0.6 is 24.8 Å². The lowest BCUT2D eigenvalue weighted by Crippen LogP contribution is -2.41. The molecule has 0 radical (unpaired) electrons. The molecule has 2 N–H and O–H groups in total. The number of aromatic nitrogens is 2. The molecule has 2 atom stereocenters. The van der Waals surface area contributed by atoms with Crippen LogP contribution in [0.5, 0.6) is 0 Å². The molecule has 0 aromatic carbocycles. The molecule has 122 valence electrons. The Morgan fingerprint density at radius 2 is 2.24 bits per heavy atom. The molecule has 0 spiro atoms. The third-order valence-corrected chi connectivity index (χ3v) is 3.67. The molecular formula is C14H26Cl2N4O. The van der Waals surface area contributed by atoms with Gasteiger partial charge in [-0.1, -0.05) is 0 Å². The van der Waals surface area contributed by atoms with Gasteiger partial charge in [-0.05, 0) is 38.7 Å². The standard InChI is InChI=1S/C14H24N4O.2ClH/c1-11-8-16-18(9-11)13-4-3-7-17(10-13)14(19)6-5-12(2)15;;/h8-9,12-13H,3-7,10,15H2,1-2H3;2*1H. The van der Waals surface area contributed by atoms with E-state index >= 15 is 0 Å². The zero-order valence-corrected chi connectivity index (χ0v) is 14.3. The van der Waals surface area contributed by atoms with Crippen LogP contribution in [-0.4, -0.2) is 39.7 Å². The van der Waals surface area contributed by atoms with Gasteiger partial charge < -0.3 is 10.6 Å². The van der Waals surface area contributed by atoms with Crippen LogP contribution in [0.25, 0.3) is 0 Å². The average Bonchev–Trinajstić information content (AvgIpc) is 2.83. The first-order valence-corrected chi connectivity index (χ1v) is 7.10. The van der Waals surface area contributed by atoms with Gasteiger partial charge in [0.2, 0.25) is 5.91 Å². The van der Waals surface area contributed by atoms with Crippen molar-refractivity contribution in [3.63, 3.8) is 0 Å². The van der Waals surface area contributed by atoms with Crippen molar-refractivity contribution in [2.24, 2.45) is 5.73 Å². The largest absolute Gasteiger partial charge is 0.341 e. The van der Waals surface area contributed by atoms with Gasteiger partial charge in [-0.2, -0.15) is 5.10 Å². The Kier molecular flexibility index (Phi) is 8.94. The molecule has 1 aliphatic heterocycles. The molecular weight excluding hydrogens is 311 g/mol. The quantitative estimate of drug-likeness (QED) is 0.917. The van der Waals surface area contributed by atoms with Crippen LogP contribution in [0.1, 0.15) is 44.2 Å². The first-order valence-electron chi connectivity index (χ1n) is 7.10. The maximum absolute atomic E-state index is 12.1. The number of hydrogen-bond donors (Lipinski definition) is 1. The Morgan fingerprint density at radius 1 is 1.52 bits per heavy atom. The Bertz CT molecular complexity index is 436. The van der Waals surface area contributed by atoms with Crippen molar-refractivity contribution >= 4 is 30.7 Å². The van der Waals surface area contributed by atoms with Crippen LogP contribution < -0.4 is 5.73 Å². The van der Waals surface area contributed by atoms with Crippen LogP contribution in [-0.2, 0) is 4.79 Å². The minimum atomic E-state index is 0. The van der Waals surface area contributed by atoms with Gasteiger partial charge in [0.1, 0.15) is 0 Å². The van der Waals surface area contributed by atoms with Gasteiger partial charge in [-0.25, -0.2) is 0 Å². The highest BCUT2D eigenvalue weighted by Gasteiger charge is 2.24. The number of likely N-dealkylation sites (tertiary alicyclic amines) is 1. The minimum Gasteiger partial charge on any atom is -0.341 e. The normalized spacial score (nSPS) is 19.4. The Labute approximate surface area is 139 Å². The molecule has 1 aliphatic rings. The molecule has 7 heteroatoms. The lowest BCUT2D eigenvalue weighted by molar-refractivity contribution is -0.133. The third kappa shape index (κ3) is 5.85. The number of rotatable bonds is 4. The topological polar surface area (TPSA) is 64.2 Å². The number of nitrogens with two attached hydrogens (primary N) is 1. The van der Waals surface area contributed by atoms with Gasteiger partial charge in [0, 0.05) is 31.7 Å². The summed E-state index contributed by atoms with van der Waals surface area (Å²) in [5.41, 5.74) is 6.87. The number of carbonyl (C=O) groups excluding carboxylic acids is 1. The van der Waals surface area contributed by atoms with Crippen molar-refractivity contribution < 1.29 is 4.79 Å². The molecule has 21 heavy (non-hydrogen) atoms. The summed E-state index contributed by atoms with van der Waals surface area (Å²) >= 11 is 0. The lowest BCUT2D eigenvalue weighted by atomic mass is 10.0. The first-order chi connectivity index (χ1) is 9.06. The second-order valence-electron chi connectivity index (χ2n) is 5.65. The van der Waals surface area contributed by atoms with Gasteiger partial charge in [-0.15, -0.1) is 24.8 Å². The zero-order valence-electron chi connectivity index (χ0n) is 12.7. The fraction of sp³-hybridized carbons (Fsp3) is 0.714. The Balaban J connectivity index is 0.00000200. The van der Waals surface area contributed by atoms with E-state index in [9.17, 15) is 4.79 Å². The molecule has 0 saturated carbocycles. The van der Waals surface area contributed by atoms with Gasteiger partial charge in [0.25, 0.3) is 0 Å². The van der Waals surface area contributed by atoms with E-state index in [0.717, 1.165) is 32.4 Å². The van der Waals surface area contributed by atoms with Crippen LogP contribution in [0.4, 0.5) is 0 Å². The maximum atomic E-state index is 12.1. The Morgan fingerprint density at radius 3 is 2.81 bits per heavy atom. The summed E-state index contributed by atoms with van der Waals surface area (Å²) < 4.78 is 2.00. The van der Waals surface area contributed by atoms with E-state index in [2.05, 4.69) is 11.3 Å². The number of hydrogen-bond acceptors (Lipinski definition) is 3. The van der Waals surface area contributed by atoms with E-state index in [-0.39, 0.29) is 36.8 Å². The van der Waals surface area contributed by atoms with E-state index in [1.54, 1.807) is 0 Å². The predicted molar refractivity (Wildman–Crippen MR) is 89.2 cm³/mol. The highest BCUT2D eigenvalue weighted by Crippen LogP contribution is 2.22. The van der Waals surface area contributed by atoms with Crippen molar-refractivity contribution in [1.29, 1.82) is 0 Å². The summed E-state index contributed by atoms with van der Waals surface area (Å²) in [4.78, 5) is 14.1. The summed E-state index contributed by atoms with van der Waals surface area (Å²) in [6.45, 7) is 5.63. The number of halogens is 2. The fourth-order valence-corrected chi connectivity index (χ4v) is 2.54. The molecule has 2 rings (SSSR count). The van der Waals surface area contributed by atoms with Crippen molar-refractivity contribution in [2.45, 2.75) is 51.6 Å². The zero-order chi connectivity index (χ0) is 13.8. The number of aryl methyl sites for hydroxylation is 1. The van der Waals surface area contributed by atoms with Crippen LogP contribution in [0.3, 0.4) is 0 Å². The second kappa shape index (κ2) is 9.28. The van der Waals surface area contributed by atoms with E-state index in [1.165, 1.54) is 5.56 Å². The molecule has 5 nitrogen and oxygen atoms in total. The number of amides is 1. The van der Waals surface area contributed by atoms with Crippen molar-refractivity contribution in [2.75, 3.05) is 13.1 Å². The SMILES string of the molecule is Cc1cnn(C2CCCN(C(=O)CCC(C)N)C2)c1.Cl.Cl.